The molecule has 3 heterocycles. The van der Waals surface area contributed by atoms with Crippen LogP contribution in [0.2, 0.25) is 0 Å². The molecule has 0 bridgehead atoms. The number of benzene rings is 2. The van der Waals surface area contributed by atoms with Crippen LogP contribution >= 0.6 is 24.0 Å². The van der Waals surface area contributed by atoms with Crippen molar-refractivity contribution < 1.29 is 4.74 Å². The Labute approximate surface area is 184 Å². The predicted octanol–water partition coefficient (Wildman–Crippen LogP) is 6.26. The van der Waals surface area contributed by atoms with Crippen LogP contribution in [0.25, 0.3) is 0 Å². The van der Waals surface area contributed by atoms with Crippen LogP contribution in [0.3, 0.4) is 0 Å². The molecule has 2 aromatic carbocycles. The van der Waals surface area contributed by atoms with Crippen molar-refractivity contribution in [2.24, 2.45) is 0 Å². The lowest BCUT2D eigenvalue weighted by molar-refractivity contribution is 0.483. The number of hydrogen-bond donors (Lipinski definition) is 1. The molecule has 30 heavy (non-hydrogen) atoms. The Bertz CT molecular complexity index is 1180. The number of nitrogens with zero attached hydrogens (tertiary/aromatic N) is 2. The molecule has 4 nitrogen and oxygen atoms in total. The molecule has 1 aliphatic heterocycles. The van der Waals surface area contributed by atoms with E-state index >= 15 is 0 Å². The first kappa shape index (κ1) is 18.9. The zero-order valence-corrected chi connectivity index (χ0v) is 17.7. The number of pyridine rings is 1. The maximum atomic E-state index is 5.93. The lowest BCUT2D eigenvalue weighted by atomic mass is 10.2. The fourth-order valence-corrected chi connectivity index (χ4v) is 5.15. The highest BCUT2D eigenvalue weighted by Gasteiger charge is 2.27. The predicted molar refractivity (Wildman–Crippen MR) is 126 cm³/mol. The number of anilines is 1. The van der Waals surface area contributed by atoms with Crippen molar-refractivity contribution in [3.05, 3.63) is 108 Å². The number of rotatable bonds is 5. The smallest absolute Gasteiger partial charge is 0.129 e. The summed E-state index contributed by atoms with van der Waals surface area (Å²) in [5.74, 6) is 2.49. The zero-order chi connectivity index (χ0) is 20.3. The molecule has 0 saturated heterocycles. The van der Waals surface area contributed by atoms with Crippen LogP contribution in [0.15, 0.2) is 91.4 Å². The summed E-state index contributed by atoms with van der Waals surface area (Å²) in [5.41, 5.74) is 4.41. The van der Waals surface area contributed by atoms with Gasteiger partial charge in [0.25, 0.3) is 0 Å². The number of fused-ring (bicyclic) bond motifs is 1. The third kappa shape index (κ3) is 3.84. The molecule has 1 atom stereocenters. The highest BCUT2D eigenvalue weighted by atomic mass is 32.2. The van der Waals surface area contributed by atoms with Gasteiger partial charge in [-0.1, -0.05) is 42.5 Å². The Hall–Kier alpha value is -3.09. The molecule has 148 valence electrons. The van der Waals surface area contributed by atoms with E-state index in [-0.39, 0.29) is 5.37 Å². The second-order valence-corrected chi connectivity index (χ2v) is 8.41. The van der Waals surface area contributed by atoms with E-state index in [0.29, 0.717) is 4.99 Å². The van der Waals surface area contributed by atoms with E-state index in [1.807, 2.05) is 78.6 Å². The summed E-state index contributed by atoms with van der Waals surface area (Å²) in [6.45, 7) is 0. The summed E-state index contributed by atoms with van der Waals surface area (Å²) >= 11 is 7.63. The van der Waals surface area contributed by atoms with Crippen molar-refractivity contribution in [2.45, 2.75) is 11.1 Å². The number of nitrogens with one attached hydrogen (secondary N) is 1. The normalized spacial score (nSPS) is 14.9. The second kappa shape index (κ2) is 8.34. The molecule has 1 aliphatic rings. The molecule has 1 unspecified atom stereocenters. The molecule has 0 radical (unpaired) electrons. The summed E-state index contributed by atoms with van der Waals surface area (Å²) < 4.78 is 8.22. The third-order valence-corrected chi connectivity index (χ3v) is 6.52. The molecule has 0 fully saturated rings. The van der Waals surface area contributed by atoms with E-state index in [1.165, 1.54) is 11.3 Å². The number of aromatic nitrogens is 2. The molecule has 0 spiro atoms. The second-order valence-electron chi connectivity index (χ2n) is 6.93. The zero-order valence-electron chi connectivity index (χ0n) is 16.1. The number of thioether (sulfide) groups is 1. The maximum absolute atomic E-state index is 5.93. The van der Waals surface area contributed by atoms with Gasteiger partial charge in [-0.05, 0) is 36.4 Å². The van der Waals surface area contributed by atoms with E-state index in [9.17, 15) is 0 Å². The van der Waals surface area contributed by atoms with Crippen LogP contribution in [0, 0.1) is 0 Å². The number of para-hydroxylation sites is 1. The van der Waals surface area contributed by atoms with Gasteiger partial charge in [-0.15, -0.1) is 11.8 Å². The van der Waals surface area contributed by atoms with Crippen LogP contribution < -0.4 is 10.1 Å². The molecule has 6 heteroatoms. The van der Waals surface area contributed by atoms with Gasteiger partial charge in [-0.3, -0.25) is 4.98 Å². The van der Waals surface area contributed by atoms with Gasteiger partial charge < -0.3 is 14.6 Å². The van der Waals surface area contributed by atoms with E-state index in [0.717, 1.165) is 28.5 Å². The first-order valence-electron chi connectivity index (χ1n) is 9.63. The lowest BCUT2D eigenvalue weighted by Gasteiger charge is -2.12. The van der Waals surface area contributed by atoms with E-state index in [1.54, 1.807) is 6.20 Å². The minimum Gasteiger partial charge on any atom is -0.457 e. The van der Waals surface area contributed by atoms with Crippen LogP contribution in [0.5, 0.6) is 11.5 Å². The Morgan fingerprint density at radius 3 is 2.73 bits per heavy atom. The Balaban J connectivity index is 1.33. The van der Waals surface area contributed by atoms with Gasteiger partial charge in [0.2, 0.25) is 0 Å². The van der Waals surface area contributed by atoms with Gasteiger partial charge in [-0.2, -0.15) is 0 Å². The van der Waals surface area contributed by atoms with Crippen LogP contribution in [-0.4, -0.2) is 14.5 Å². The quantitative estimate of drug-likeness (QED) is 0.379. The molecule has 4 aromatic rings. The SMILES string of the molecule is S=C(Nc1cccc(Oc2ccccc2)c1)c1ccn2c1CSC2c1cccnc1. The van der Waals surface area contributed by atoms with Crippen LogP contribution in [0.1, 0.15) is 22.2 Å². The topological polar surface area (TPSA) is 39.1 Å². The summed E-state index contributed by atoms with van der Waals surface area (Å²) in [6, 6.07) is 23.8. The molecule has 0 aliphatic carbocycles. The van der Waals surface area contributed by atoms with Gasteiger partial charge in [0, 0.05) is 52.9 Å². The van der Waals surface area contributed by atoms with Crippen molar-refractivity contribution in [3.8, 4) is 11.5 Å². The highest BCUT2D eigenvalue weighted by Crippen LogP contribution is 2.42. The fraction of sp³-hybridized carbons (Fsp3) is 0.0833. The van der Waals surface area contributed by atoms with Gasteiger partial charge in [0.05, 0.1) is 0 Å². The minimum atomic E-state index is 0.243. The highest BCUT2D eigenvalue weighted by molar-refractivity contribution is 7.99. The summed E-state index contributed by atoms with van der Waals surface area (Å²) in [4.78, 5) is 4.98. The number of thiocarbonyl (C=S) groups is 1. The lowest BCUT2D eigenvalue weighted by Crippen LogP contribution is -2.12. The molecule has 5 rings (SSSR count). The van der Waals surface area contributed by atoms with Crippen LogP contribution in [-0.2, 0) is 5.75 Å². The summed E-state index contributed by atoms with van der Waals surface area (Å²) in [7, 11) is 0. The summed E-state index contributed by atoms with van der Waals surface area (Å²) in [6.07, 6.45) is 5.85. The van der Waals surface area contributed by atoms with Crippen molar-refractivity contribution in [2.75, 3.05) is 5.32 Å². The first-order chi connectivity index (χ1) is 14.8. The van der Waals surface area contributed by atoms with Crippen molar-refractivity contribution in [1.29, 1.82) is 0 Å². The minimum absolute atomic E-state index is 0.243. The third-order valence-electron chi connectivity index (χ3n) is 4.94. The fourth-order valence-electron chi connectivity index (χ4n) is 3.54. The monoisotopic (exact) mass is 429 g/mol. The summed E-state index contributed by atoms with van der Waals surface area (Å²) in [5, 5.41) is 3.61. The first-order valence-corrected chi connectivity index (χ1v) is 11.1. The van der Waals surface area contributed by atoms with E-state index in [4.69, 9.17) is 17.0 Å². The average molecular weight is 430 g/mol. The molecule has 2 aromatic heterocycles. The van der Waals surface area contributed by atoms with Crippen LogP contribution in [0.4, 0.5) is 5.69 Å². The Kier molecular flexibility index (Phi) is 5.26. The molecule has 0 amide bonds. The van der Waals surface area contributed by atoms with Gasteiger partial charge in [0.1, 0.15) is 21.9 Å². The average Bonchev–Trinajstić information content (AvgIpc) is 3.37. The molecular weight excluding hydrogens is 410 g/mol. The molecule has 0 saturated carbocycles. The van der Waals surface area contributed by atoms with Gasteiger partial charge in [-0.25, -0.2) is 0 Å². The van der Waals surface area contributed by atoms with Crippen molar-refractivity contribution >= 4 is 34.7 Å². The van der Waals surface area contributed by atoms with Gasteiger partial charge in [0.15, 0.2) is 0 Å². The van der Waals surface area contributed by atoms with E-state index < -0.39 is 0 Å². The van der Waals surface area contributed by atoms with E-state index in [2.05, 4.69) is 33.2 Å². The molecular formula is C24H19N3OS2. The maximum Gasteiger partial charge on any atom is 0.129 e. The largest absolute Gasteiger partial charge is 0.457 e. The van der Waals surface area contributed by atoms with Crippen molar-refractivity contribution in [1.82, 2.24) is 9.55 Å². The standard InChI is InChI=1S/C24H19N3OS2/c29-23(26-18-7-4-10-20(14-18)28-19-8-2-1-3-9-19)21-11-13-27-22(21)16-30-24(27)17-6-5-12-25-15-17/h1-15,24H,16H2,(H,26,29). The number of hydrogen-bond acceptors (Lipinski definition) is 4. The molecule has 1 N–H and O–H groups in total. The Morgan fingerprint density at radius 2 is 1.90 bits per heavy atom. The van der Waals surface area contributed by atoms with Gasteiger partial charge >= 0.3 is 0 Å². The van der Waals surface area contributed by atoms with Crippen molar-refractivity contribution in [3.63, 3.8) is 0 Å². The number of ether oxygens (including phenoxy) is 1. The Morgan fingerprint density at radius 1 is 1.03 bits per heavy atom.